The summed E-state index contributed by atoms with van der Waals surface area (Å²) in [6, 6.07) is 0. The topological polar surface area (TPSA) is 40.5 Å². The molecule has 2 aliphatic rings. The van der Waals surface area contributed by atoms with Crippen molar-refractivity contribution >= 4 is 0 Å². The molecule has 2 aliphatic carbocycles. The molecule has 0 aromatic carbocycles. The minimum Gasteiger partial charge on any atom is -0.390 e. The van der Waals surface area contributed by atoms with E-state index < -0.39 is 11.7 Å². The molecular formula is C11H20O2. The van der Waals surface area contributed by atoms with E-state index in [1.165, 1.54) is 0 Å². The van der Waals surface area contributed by atoms with Gasteiger partial charge in [0, 0.05) is 5.41 Å². The molecule has 76 valence electrons. The summed E-state index contributed by atoms with van der Waals surface area (Å²) in [6.07, 6.45) is 1.55. The van der Waals surface area contributed by atoms with Crippen molar-refractivity contribution in [2.24, 2.45) is 16.7 Å². The van der Waals surface area contributed by atoms with Crippen molar-refractivity contribution in [3.05, 3.63) is 0 Å². The molecule has 0 heterocycles. The SMILES string of the molecule is CC1(C)[C@@H]2CC[C@@]1(C)[C@](C)(O)[C@@H]2O. The monoisotopic (exact) mass is 184 g/mol. The van der Waals surface area contributed by atoms with Crippen LogP contribution in [0.2, 0.25) is 0 Å². The van der Waals surface area contributed by atoms with Crippen molar-refractivity contribution in [3.63, 3.8) is 0 Å². The zero-order chi connectivity index (χ0) is 10.1. The van der Waals surface area contributed by atoms with Gasteiger partial charge in [-0.3, -0.25) is 0 Å². The summed E-state index contributed by atoms with van der Waals surface area (Å²) < 4.78 is 0. The molecule has 13 heavy (non-hydrogen) atoms. The molecule has 2 fully saturated rings. The van der Waals surface area contributed by atoms with Gasteiger partial charge in [-0.25, -0.2) is 0 Å². The van der Waals surface area contributed by atoms with E-state index in [-0.39, 0.29) is 16.7 Å². The molecular weight excluding hydrogens is 164 g/mol. The third-order valence-corrected chi connectivity index (χ3v) is 5.38. The van der Waals surface area contributed by atoms with Crippen LogP contribution in [-0.4, -0.2) is 21.9 Å². The second-order valence-electron chi connectivity index (χ2n) is 5.79. The number of rotatable bonds is 0. The minimum atomic E-state index is -0.903. The first kappa shape index (κ1) is 9.47. The molecule has 0 spiro atoms. The predicted octanol–water partition coefficient (Wildman–Crippen LogP) is 1.55. The fourth-order valence-corrected chi connectivity index (χ4v) is 3.71. The molecule has 0 aromatic rings. The van der Waals surface area contributed by atoms with E-state index in [1.807, 2.05) is 0 Å². The first-order valence-electron chi connectivity index (χ1n) is 5.15. The van der Waals surface area contributed by atoms with Crippen molar-refractivity contribution in [2.75, 3.05) is 0 Å². The van der Waals surface area contributed by atoms with E-state index in [4.69, 9.17) is 0 Å². The maximum Gasteiger partial charge on any atom is 0.0938 e. The predicted molar refractivity (Wildman–Crippen MR) is 51.2 cm³/mol. The van der Waals surface area contributed by atoms with Crippen LogP contribution >= 0.6 is 0 Å². The Labute approximate surface area is 80.0 Å². The quantitative estimate of drug-likeness (QED) is 0.599. The average molecular weight is 184 g/mol. The lowest BCUT2D eigenvalue weighted by molar-refractivity contribution is -0.134. The van der Waals surface area contributed by atoms with Crippen LogP contribution < -0.4 is 0 Å². The summed E-state index contributed by atoms with van der Waals surface area (Å²) in [4.78, 5) is 0. The summed E-state index contributed by atoms with van der Waals surface area (Å²) >= 11 is 0. The highest BCUT2D eigenvalue weighted by molar-refractivity contribution is 5.20. The van der Waals surface area contributed by atoms with Gasteiger partial charge in [-0.15, -0.1) is 0 Å². The van der Waals surface area contributed by atoms with Gasteiger partial charge in [-0.05, 0) is 31.1 Å². The zero-order valence-electron chi connectivity index (χ0n) is 8.96. The Bertz CT molecular complexity index is 234. The molecule has 2 bridgehead atoms. The molecule has 2 N–H and O–H groups in total. The van der Waals surface area contributed by atoms with Crippen LogP contribution in [0.3, 0.4) is 0 Å². The van der Waals surface area contributed by atoms with E-state index in [0.717, 1.165) is 12.8 Å². The van der Waals surface area contributed by atoms with Crippen LogP contribution in [0, 0.1) is 16.7 Å². The fourth-order valence-electron chi connectivity index (χ4n) is 3.71. The van der Waals surface area contributed by atoms with E-state index in [0.29, 0.717) is 0 Å². The summed E-state index contributed by atoms with van der Waals surface area (Å²) in [7, 11) is 0. The van der Waals surface area contributed by atoms with Crippen molar-refractivity contribution < 1.29 is 10.2 Å². The lowest BCUT2D eigenvalue weighted by Crippen LogP contribution is -2.51. The van der Waals surface area contributed by atoms with Gasteiger partial charge in [0.1, 0.15) is 0 Å². The standard InChI is InChI=1S/C11H20O2/c1-9(2)7-5-6-10(9,3)11(4,13)8(7)12/h7-8,12-13H,5-6H2,1-4H3/t7-,8-,10-,11-/m1/s1. The van der Waals surface area contributed by atoms with Gasteiger partial charge in [0.2, 0.25) is 0 Å². The van der Waals surface area contributed by atoms with Crippen LogP contribution in [0.25, 0.3) is 0 Å². The fraction of sp³-hybridized carbons (Fsp3) is 1.00. The van der Waals surface area contributed by atoms with E-state index in [2.05, 4.69) is 20.8 Å². The average Bonchev–Trinajstić information content (AvgIpc) is 2.26. The molecule has 2 nitrogen and oxygen atoms in total. The number of fused-ring (bicyclic) bond motifs is 2. The lowest BCUT2D eigenvalue weighted by atomic mass is 9.65. The van der Waals surface area contributed by atoms with Gasteiger partial charge in [0.05, 0.1) is 11.7 Å². The highest BCUT2D eigenvalue weighted by atomic mass is 16.3. The zero-order valence-corrected chi connectivity index (χ0v) is 8.96. The smallest absolute Gasteiger partial charge is 0.0938 e. The van der Waals surface area contributed by atoms with E-state index in [9.17, 15) is 10.2 Å². The highest BCUT2D eigenvalue weighted by Gasteiger charge is 2.71. The summed E-state index contributed by atoms with van der Waals surface area (Å²) in [5, 5.41) is 20.3. The maximum absolute atomic E-state index is 10.3. The third-order valence-electron chi connectivity index (χ3n) is 5.38. The maximum atomic E-state index is 10.3. The second-order valence-corrected chi connectivity index (χ2v) is 5.79. The van der Waals surface area contributed by atoms with Gasteiger partial charge in [-0.2, -0.15) is 0 Å². The van der Waals surface area contributed by atoms with Crippen LogP contribution in [0.5, 0.6) is 0 Å². The molecule has 2 rings (SSSR count). The number of aliphatic hydroxyl groups excluding tert-OH is 1. The van der Waals surface area contributed by atoms with Crippen LogP contribution in [0.1, 0.15) is 40.5 Å². The largest absolute Gasteiger partial charge is 0.390 e. The minimum absolute atomic E-state index is 0.0654. The summed E-state index contributed by atoms with van der Waals surface area (Å²) in [5.41, 5.74) is -0.959. The number of hydrogen-bond acceptors (Lipinski definition) is 2. The Morgan fingerprint density at radius 1 is 1.15 bits per heavy atom. The van der Waals surface area contributed by atoms with Crippen LogP contribution in [0.15, 0.2) is 0 Å². The van der Waals surface area contributed by atoms with Gasteiger partial charge < -0.3 is 10.2 Å². The number of hydrogen-bond donors (Lipinski definition) is 2. The Balaban J connectivity index is 2.53. The normalized spacial score (nSPS) is 58.6. The Kier molecular flexibility index (Phi) is 1.54. The molecule has 2 heteroatoms. The highest BCUT2D eigenvalue weighted by Crippen LogP contribution is 2.69. The Hall–Kier alpha value is -0.0800. The van der Waals surface area contributed by atoms with Gasteiger partial charge in [-0.1, -0.05) is 20.8 Å². The first-order valence-corrected chi connectivity index (χ1v) is 5.15. The molecule has 0 aromatic heterocycles. The Morgan fingerprint density at radius 2 is 1.69 bits per heavy atom. The number of aliphatic hydroxyl groups is 2. The van der Waals surface area contributed by atoms with Gasteiger partial charge >= 0.3 is 0 Å². The Morgan fingerprint density at radius 3 is 1.92 bits per heavy atom. The summed E-state index contributed by atoms with van der Waals surface area (Å²) in [5.74, 6) is 0.271. The molecule has 0 unspecified atom stereocenters. The molecule has 0 aliphatic heterocycles. The van der Waals surface area contributed by atoms with Gasteiger partial charge in [0.25, 0.3) is 0 Å². The molecule has 0 saturated heterocycles. The third kappa shape index (κ3) is 0.736. The van der Waals surface area contributed by atoms with E-state index in [1.54, 1.807) is 6.92 Å². The van der Waals surface area contributed by atoms with Crippen molar-refractivity contribution in [1.29, 1.82) is 0 Å². The first-order chi connectivity index (χ1) is 5.75. The van der Waals surface area contributed by atoms with E-state index >= 15 is 0 Å². The van der Waals surface area contributed by atoms with Crippen molar-refractivity contribution in [2.45, 2.75) is 52.2 Å². The molecule has 0 amide bonds. The summed E-state index contributed by atoms with van der Waals surface area (Å²) in [6.45, 7) is 8.26. The van der Waals surface area contributed by atoms with Crippen molar-refractivity contribution in [3.8, 4) is 0 Å². The molecule has 2 saturated carbocycles. The van der Waals surface area contributed by atoms with Crippen LogP contribution in [0.4, 0.5) is 0 Å². The molecule has 0 radical (unpaired) electrons. The molecule has 4 atom stereocenters. The van der Waals surface area contributed by atoms with Crippen LogP contribution in [-0.2, 0) is 0 Å². The second kappa shape index (κ2) is 2.12. The lowest BCUT2D eigenvalue weighted by Gasteiger charge is -2.44. The van der Waals surface area contributed by atoms with Crippen molar-refractivity contribution in [1.82, 2.24) is 0 Å². The van der Waals surface area contributed by atoms with Gasteiger partial charge in [0.15, 0.2) is 0 Å².